The van der Waals surface area contributed by atoms with Gasteiger partial charge in [-0.3, -0.25) is 4.79 Å². The Bertz CT molecular complexity index is 807. The molecule has 1 N–H and O–H groups in total. The van der Waals surface area contributed by atoms with Gasteiger partial charge in [0.05, 0.1) is 12.1 Å². The number of amides is 1. The van der Waals surface area contributed by atoms with Crippen LogP contribution < -0.4 is 10.1 Å². The van der Waals surface area contributed by atoms with Gasteiger partial charge in [-0.15, -0.1) is 0 Å². The minimum atomic E-state index is -0.184. The Kier molecular flexibility index (Phi) is 5.02. The fraction of sp³-hybridized carbons (Fsp3) is 0.150. The first kappa shape index (κ1) is 16.3. The number of anilines is 1. The second kappa shape index (κ2) is 7.37. The van der Waals surface area contributed by atoms with Gasteiger partial charge in [-0.25, -0.2) is 0 Å². The zero-order valence-corrected chi connectivity index (χ0v) is 14.1. The maximum atomic E-state index is 12.1. The van der Waals surface area contributed by atoms with E-state index in [4.69, 9.17) is 16.3 Å². The van der Waals surface area contributed by atoms with Gasteiger partial charge < -0.3 is 10.1 Å². The van der Waals surface area contributed by atoms with Crippen LogP contribution in [-0.4, -0.2) is 13.0 Å². The van der Waals surface area contributed by atoms with Crippen LogP contribution in [0.2, 0.25) is 0 Å². The first-order chi connectivity index (χ1) is 11.7. The number of carbonyl (C=O) groups is 1. The zero-order chi connectivity index (χ0) is 16.9. The molecule has 0 unspecified atom stereocenters. The largest absolute Gasteiger partial charge is 0.497 e. The van der Waals surface area contributed by atoms with Gasteiger partial charge in [0.25, 0.3) is 0 Å². The molecule has 3 nitrogen and oxygen atoms in total. The van der Waals surface area contributed by atoms with Crippen molar-refractivity contribution in [2.45, 2.75) is 12.8 Å². The lowest BCUT2D eigenvalue weighted by Gasteiger charge is -2.17. The van der Waals surface area contributed by atoms with E-state index in [9.17, 15) is 4.79 Å². The van der Waals surface area contributed by atoms with Gasteiger partial charge in [0.2, 0.25) is 5.91 Å². The molecule has 1 amide bonds. The number of nitrogens with one attached hydrogen (secondary N) is 1. The van der Waals surface area contributed by atoms with Crippen molar-refractivity contribution in [2.24, 2.45) is 0 Å². The summed E-state index contributed by atoms with van der Waals surface area (Å²) in [5.41, 5.74) is 4.02. The maximum Gasteiger partial charge on any atom is 0.248 e. The van der Waals surface area contributed by atoms with E-state index < -0.39 is 0 Å². The van der Waals surface area contributed by atoms with Crippen LogP contribution in [0.5, 0.6) is 5.75 Å². The highest BCUT2D eigenvalue weighted by Gasteiger charge is 2.15. The molecule has 2 aromatic rings. The second-order valence-corrected chi connectivity index (χ2v) is 5.93. The van der Waals surface area contributed by atoms with Crippen LogP contribution in [0.4, 0.5) is 5.69 Å². The number of hydrogen-bond acceptors (Lipinski definition) is 2. The Morgan fingerprint density at radius 1 is 1.12 bits per heavy atom. The van der Waals surface area contributed by atoms with Crippen LogP contribution in [0.3, 0.4) is 0 Å². The van der Waals surface area contributed by atoms with Crippen LogP contribution in [0.1, 0.15) is 17.5 Å². The van der Waals surface area contributed by atoms with Crippen molar-refractivity contribution in [3.05, 3.63) is 77.4 Å². The molecule has 0 atom stereocenters. The molecule has 122 valence electrons. The predicted molar refractivity (Wildman–Crippen MR) is 98.3 cm³/mol. The average Bonchev–Trinajstić information content (AvgIpc) is 2.62. The van der Waals surface area contributed by atoms with Gasteiger partial charge in [-0.1, -0.05) is 41.9 Å². The molecule has 0 heterocycles. The van der Waals surface area contributed by atoms with E-state index in [0.717, 1.165) is 40.4 Å². The third-order valence-corrected chi connectivity index (χ3v) is 4.44. The van der Waals surface area contributed by atoms with Crippen LogP contribution in [0.15, 0.2) is 66.3 Å². The summed E-state index contributed by atoms with van der Waals surface area (Å²) >= 11 is 6.47. The summed E-state index contributed by atoms with van der Waals surface area (Å²) in [6.07, 6.45) is 5.10. The van der Waals surface area contributed by atoms with Gasteiger partial charge in [0, 0.05) is 11.8 Å². The number of fused-ring (bicyclic) bond motifs is 1. The lowest BCUT2D eigenvalue weighted by Crippen LogP contribution is -2.08. The van der Waals surface area contributed by atoms with Gasteiger partial charge >= 0.3 is 0 Å². The average molecular weight is 340 g/mol. The number of carbonyl (C=O) groups excluding carboxylic acids is 1. The smallest absolute Gasteiger partial charge is 0.248 e. The Balaban J connectivity index is 1.70. The van der Waals surface area contributed by atoms with Crippen molar-refractivity contribution in [1.82, 2.24) is 0 Å². The van der Waals surface area contributed by atoms with Gasteiger partial charge in [-0.2, -0.15) is 0 Å². The lowest BCUT2D eigenvalue weighted by atomic mass is 9.92. The molecule has 3 rings (SSSR count). The molecular weight excluding hydrogens is 322 g/mol. The summed E-state index contributed by atoms with van der Waals surface area (Å²) in [7, 11) is 1.61. The minimum Gasteiger partial charge on any atom is -0.497 e. The quantitative estimate of drug-likeness (QED) is 0.813. The van der Waals surface area contributed by atoms with Crippen LogP contribution in [0, 0.1) is 0 Å². The topological polar surface area (TPSA) is 38.3 Å². The standard InChI is InChI=1S/C20H18ClNO2/c1-24-17-11-9-16(10-12-17)22-19(23)13-8-15-7-6-14-4-2-3-5-18(14)20(15)21/h2-5,8-13H,6-7H2,1H3,(H,22,23). The number of methoxy groups -OCH3 is 1. The van der Waals surface area contributed by atoms with Crippen molar-refractivity contribution < 1.29 is 9.53 Å². The zero-order valence-electron chi connectivity index (χ0n) is 13.4. The summed E-state index contributed by atoms with van der Waals surface area (Å²) in [4.78, 5) is 12.1. The Morgan fingerprint density at radius 2 is 1.88 bits per heavy atom. The van der Waals surface area contributed by atoms with Gasteiger partial charge in [0.1, 0.15) is 5.75 Å². The molecule has 0 fully saturated rings. The highest BCUT2D eigenvalue weighted by molar-refractivity contribution is 6.49. The van der Waals surface area contributed by atoms with E-state index in [1.54, 1.807) is 37.5 Å². The third-order valence-electron chi connectivity index (χ3n) is 3.99. The number of hydrogen-bond donors (Lipinski definition) is 1. The molecular formula is C20H18ClNO2. The first-order valence-electron chi connectivity index (χ1n) is 7.77. The normalized spacial score (nSPS) is 13.8. The van der Waals surface area contributed by atoms with Crippen LogP contribution in [-0.2, 0) is 11.2 Å². The Hall–Kier alpha value is -2.52. The fourth-order valence-electron chi connectivity index (χ4n) is 2.70. The van der Waals surface area contributed by atoms with E-state index in [-0.39, 0.29) is 5.91 Å². The van der Waals surface area contributed by atoms with E-state index in [2.05, 4.69) is 11.4 Å². The van der Waals surface area contributed by atoms with Crippen LogP contribution >= 0.6 is 11.6 Å². The van der Waals surface area contributed by atoms with Gasteiger partial charge in [-0.05, 0) is 53.8 Å². The molecule has 0 bridgehead atoms. The summed E-state index contributed by atoms with van der Waals surface area (Å²) < 4.78 is 5.09. The Labute approximate surface area is 146 Å². The molecule has 4 heteroatoms. The minimum absolute atomic E-state index is 0.184. The maximum absolute atomic E-state index is 12.1. The van der Waals surface area contributed by atoms with Crippen molar-refractivity contribution in [3.8, 4) is 5.75 Å². The van der Waals surface area contributed by atoms with Crippen molar-refractivity contribution in [1.29, 1.82) is 0 Å². The van der Waals surface area contributed by atoms with Gasteiger partial charge in [0.15, 0.2) is 0 Å². The molecule has 0 radical (unpaired) electrons. The highest BCUT2D eigenvalue weighted by Crippen LogP contribution is 2.34. The SMILES string of the molecule is COc1ccc(NC(=O)C=CC2=C(Cl)c3ccccc3CC2)cc1. The Morgan fingerprint density at radius 3 is 2.62 bits per heavy atom. The summed E-state index contributed by atoms with van der Waals surface area (Å²) in [6, 6.07) is 15.3. The molecule has 1 aliphatic rings. The fourth-order valence-corrected chi connectivity index (χ4v) is 3.04. The van der Waals surface area contributed by atoms with Crippen molar-refractivity contribution in [2.75, 3.05) is 12.4 Å². The van der Waals surface area contributed by atoms with E-state index >= 15 is 0 Å². The first-order valence-corrected chi connectivity index (χ1v) is 8.15. The van der Waals surface area contributed by atoms with Crippen LogP contribution in [0.25, 0.3) is 5.03 Å². The molecule has 0 aromatic heterocycles. The lowest BCUT2D eigenvalue weighted by molar-refractivity contribution is -0.111. The molecule has 2 aromatic carbocycles. The van der Waals surface area contributed by atoms with Crippen molar-refractivity contribution >= 4 is 28.2 Å². The number of aryl methyl sites for hydroxylation is 1. The van der Waals surface area contributed by atoms with E-state index in [0.29, 0.717) is 0 Å². The molecule has 0 saturated carbocycles. The van der Waals surface area contributed by atoms with E-state index in [1.165, 1.54) is 11.6 Å². The molecule has 24 heavy (non-hydrogen) atoms. The van der Waals surface area contributed by atoms with Crippen molar-refractivity contribution in [3.63, 3.8) is 0 Å². The molecule has 0 aliphatic heterocycles. The molecule has 0 saturated heterocycles. The number of benzene rings is 2. The number of halogens is 1. The molecule has 0 spiro atoms. The summed E-state index contributed by atoms with van der Waals surface area (Å²) in [5.74, 6) is 0.567. The number of ether oxygens (including phenoxy) is 1. The number of allylic oxidation sites excluding steroid dienone is 2. The predicted octanol–water partition coefficient (Wildman–Crippen LogP) is 4.79. The summed E-state index contributed by atoms with van der Waals surface area (Å²) in [6.45, 7) is 0. The summed E-state index contributed by atoms with van der Waals surface area (Å²) in [5, 5.41) is 3.55. The highest BCUT2D eigenvalue weighted by atomic mass is 35.5. The monoisotopic (exact) mass is 339 g/mol. The number of rotatable bonds is 4. The molecule has 1 aliphatic carbocycles. The second-order valence-electron chi connectivity index (χ2n) is 5.55. The third kappa shape index (κ3) is 3.69. The van der Waals surface area contributed by atoms with E-state index in [1.807, 2.05) is 18.2 Å².